The van der Waals surface area contributed by atoms with Crippen LogP contribution in [-0.2, 0) is 28.7 Å². The summed E-state index contributed by atoms with van der Waals surface area (Å²) in [7, 11) is 3.98. The average Bonchev–Trinajstić information content (AvgIpc) is 3.87. The van der Waals surface area contributed by atoms with Gasteiger partial charge in [0.1, 0.15) is 48.6 Å². The maximum atomic E-state index is 13.4. The number of aliphatic imine (C=N–C) groups is 1. The molecule has 23 heteroatoms. The van der Waals surface area contributed by atoms with Crippen LogP contribution in [0.2, 0.25) is 0 Å². The molecule has 0 saturated heterocycles. The van der Waals surface area contributed by atoms with E-state index in [1.165, 1.54) is 167 Å². The predicted octanol–water partition coefficient (Wildman–Crippen LogP) is 6.83. The van der Waals surface area contributed by atoms with Crippen molar-refractivity contribution in [1.29, 1.82) is 0 Å². The van der Waals surface area contributed by atoms with E-state index in [-0.39, 0.29) is 24.2 Å². The summed E-state index contributed by atoms with van der Waals surface area (Å²) in [6.45, 7) is 7.34. The van der Waals surface area contributed by atoms with Crippen LogP contribution in [0.3, 0.4) is 0 Å². The molecule has 0 radical (unpaired) electrons. The molecule has 1 rings (SSSR count). The molecule has 0 saturated carbocycles. The Labute approximate surface area is 452 Å². The van der Waals surface area contributed by atoms with Crippen molar-refractivity contribution in [1.82, 2.24) is 4.90 Å². The van der Waals surface area contributed by atoms with Crippen LogP contribution in [0.15, 0.2) is 41.2 Å². The van der Waals surface area contributed by atoms with Gasteiger partial charge in [0.05, 0.1) is 13.5 Å². The first-order valence-corrected chi connectivity index (χ1v) is 27.7. The minimum Gasteiger partial charge on any atom is -0.542 e. The smallest absolute Gasteiger partial charge is 0.430 e. The first kappa shape index (κ1) is 77.2. The summed E-state index contributed by atoms with van der Waals surface area (Å²) in [6, 6.07) is -0.371. The normalized spacial score (nSPS) is 13.7. The lowest BCUT2D eigenvalue weighted by Crippen LogP contribution is -2.83. The standard InChI is InChI=1S/C48H91N5O3.3C2HF3O2/c1-5-7-9-11-13-15-17-19-21-23-25-27-29-31-33-35-37-55-46(41-50-3)47(42-53(4)48(54)45(49)39-44-40-51-43-52-44)56-38-36-34-32-30-28-26-24-22-20-18-16-14-12-10-8-6-2;3*3-2(4,5)1(6)7/h19-22,40,43,45-47,50H,5-18,23-39,41-42,49H2,1-4H3,(H,51,52);3*(H,6,7)/b21-19+,22-20+;;;. The van der Waals surface area contributed by atoms with Crippen molar-refractivity contribution in [3.63, 3.8) is 0 Å². The van der Waals surface area contributed by atoms with Gasteiger partial charge in [-0.2, -0.15) is 39.5 Å². The highest BCUT2D eigenvalue weighted by molar-refractivity contribution is 5.80. The molecule has 0 aromatic carbocycles. The number of likely N-dealkylation sites (N-methyl/N-ethyl adjacent to an activating group) is 2. The van der Waals surface area contributed by atoms with Crippen LogP contribution in [0.1, 0.15) is 200 Å². The second-order valence-corrected chi connectivity index (χ2v) is 18.9. The fraction of sp³-hybridized carbons (Fsp3) is 0.796. The van der Waals surface area contributed by atoms with Crippen molar-refractivity contribution in [3.05, 3.63) is 36.2 Å². The van der Waals surface area contributed by atoms with Crippen molar-refractivity contribution < 1.29 is 99.9 Å². The molecule has 1 heterocycles. The van der Waals surface area contributed by atoms with Gasteiger partial charge in [0.15, 0.2) is 12.4 Å². The quantitative estimate of drug-likeness (QED) is 0.0330. The van der Waals surface area contributed by atoms with Gasteiger partial charge in [0.2, 0.25) is 0 Å². The summed E-state index contributed by atoms with van der Waals surface area (Å²) in [5.41, 5.74) is 5.10. The number of allylic oxidation sites excluding steroid dienone is 4. The molecule has 0 aromatic rings. The third kappa shape index (κ3) is 52.4. The molecule has 3 atom stereocenters. The Kier molecular flexibility index (Phi) is 50.3. The Hall–Kier alpha value is -4.06. The van der Waals surface area contributed by atoms with Gasteiger partial charge in [0, 0.05) is 26.8 Å². The van der Waals surface area contributed by atoms with Crippen LogP contribution in [0.4, 0.5) is 39.5 Å². The van der Waals surface area contributed by atoms with E-state index < -0.39 is 36.4 Å². The van der Waals surface area contributed by atoms with E-state index in [0.717, 1.165) is 31.7 Å². The van der Waals surface area contributed by atoms with E-state index in [2.05, 4.69) is 61.2 Å². The third-order valence-electron chi connectivity index (χ3n) is 11.8. The predicted molar refractivity (Wildman–Crippen MR) is 272 cm³/mol. The monoisotopic (exact) mass is 1130 g/mol. The molecule has 1 amide bonds. The number of hydrogen-bond donors (Lipinski definition) is 3. The highest BCUT2D eigenvalue weighted by atomic mass is 19.4. The van der Waals surface area contributed by atoms with Gasteiger partial charge in [-0.3, -0.25) is 10.1 Å². The highest BCUT2D eigenvalue weighted by Crippen LogP contribution is 2.17. The topological polar surface area (TPSA) is 232 Å². The molecule has 0 bridgehead atoms. The fourth-order valence-electron chi connectivity index (χ4n) is 7.47. The van der Waals surface area contributed by atoms with Crippen molar-refractivity contribution in [2.75, 3.05) is 40.4 Å². The van der Waals surface area contributed by atoms with Crippen molar-refractivity contribution in [2.24, 2.45) is 4.99 Å². The van der Waals surface area contributed by atoms with E-state index >= 15 is 0 Å². The molecule has 1 aliphatic heterocycles. The van der Waals surface area contributed by atoms with Crippen LogP contribution in [0.5, 0.6) is 0 Å². The Morgan fingerprint density at radius 1 is 0.584 bits per heavy atom. The number of carboxylic acids is 3. The molecule has 3 unspecified atom stereocenters. The molecule has 0 spiro atoms. The van der Waals surface area contributed by atoms with Gasteiger partial charge >= 0.3 is 18.5 Å². The van der Waals surface area contributed by atoms with Crippen molar-refractivity contribution >= 4 is 30.2 Å². The van der Waals surface area contributed by atoms with E-state index in [1.807, 2.05) is 23.5 Å². The van der Waals surface area contributed by atoms with Gasteiger partial charge in [-0.1, -0.05) is 154 Å². The Morgan fingerprint density at radius 3 is 1.19 bits per heavy atom. The molecule has 1 aliphatic rings. The van der Waals surface area contributed by atoms with Gasteiger partial charge in [-0.25, -0.2) is 4.99 Å². The number of amides is 1. The zero-order chi connectivity index (χ0) is 58.8. The Bertz CT molecular complexity index is 1540. The van der Waals surface area contributed by atoms with Crippen molar-refractivity contribution in [3.8, 4) is 0 Å². The van der Waals surface area contributed by atoms with Gasteiger partial charge in [-0.15, -0.1) is 0 Å². The van der Waals surface area contributed by atoms with Crippen LogP contribution in [0, 0.1) is 0 Å². The van der Waals surface area contributed by atoms with E-state index in [1.54, 1.807) is 6.34 Å². The second-order valence-electron chi connectivity index (χ2n) is 18.9. The SMILES string of the molecule is CCCCCCCC/C=C/CCCCCCCCOC(C[NH2+]C)C(CN(C)C(=O)C([NH3+])CC1=C[NH2+]C=N1)OCCCCCCCC/C=C/CCCCCCCC.O=C([O-])C(F)(F)F.O=C([O-])C(F)(F)F.O=C([O-])C(F)(F)F. The summed E-state index contributed by atoms with van der Waals surface area (Å²) >= 11 is 0. The summed E-state index contributed by atoms with van der Waals surface area (Å²) in [6.07, 6.45) is 34.4. The Balaban J connectivity index is -0.00000216. The molecule has 14 nitrogen and oxygen atoms in total. The maximum absolute atomic E-state index is 13.4. The molecule has 0 fully saturated rings. The Morgan fingerprint density at radius 2 is 0.896 bits per heavy atom. The molecular weight excluding hydrogens is 1030 g/mol. The number of carbonyl (C=O) groups excluding carboxylic acids is 4. The number of nitrogens with zero attached hydrogens (tertiary/aromatic N) is 2. The van der Waals surface area contributed by atoms with Gasteiger partial charge in [0.25, 0.3) is 5.91 Å². The molecule has 0 aliphatic carbocycles. The number of carbonyl (C=O) groups is 4. The molecule has 0 aromatic heterocycles. The van der Waals surface area contributed by atoms with E-state index in [9.17, 15) is 44.3 Å². The number of ether oxygens (including phenoxy) is 2. The number of quaternary nitrogens is 3. The first-order valence-electron chi connectivity index (χ1n) is 27.7. The molecule has 7 N–H and O–H groups in total. The lowest BCUT2D eigenvalue weighted by molar-refractivity contribution is -0.635. The zero-order valence-corrected chi connectivity index (χ0v) is 46.4. The number of unbranched alkanes of at least 4 members (excludes halogenated alkanes) is 24. The van der Waals surface area contributed by atoms with Crippen LogP contribution in [-0.4, -0.2) is 112 Å². The van der Waals surface area contributed by atoms with Gasteiger partial charge in [-0.05, 0) is 64.2 Å². The minimum absolute atomic E-state index is 0.0337. The fourth-order valence-corrected chi connectivity index (χ4v) is 7.47. The minimum atomic E-state index is -5.19. The summed E-state index contributed by atoms with van der Waals surface area (Å²) < 4.78 is 108. The number of nitrogens with two attached hydrogens (primary N) is 2. The first-order chi connectivity index (χ1) is 36.4. The second kappa shape index (κ2) is 50.2. The van der Waals surface area contributed by atoms with Crippen LogP contribution < -0.4 is 31.7 Å². The maximum Gasteiger partial charge on any atom is 0.430 e. The summed E-state index contributed by atoms with van der Waals surface area (Å²) in [5, 5.41) is 30.4. The molecule has 452 valence electrons. The highest BCUT2D eigenvalue weighted by Gasteiger charge is 2.32. The summed E-state index contributed by atoms with van der Waals surface area (Å²) in [4.78, 5) is 45.9. The number of carboxylic acid groups (broad SMARTS) is 3. The van der Waals surface area contributed by atoms with Crippen LogP contribution in [0.25, 0.3) is 0 Å². The lowest BCUT2D eigenvalue weighted by atomic mass is 10.1. The molecular formula is C54H94F9N5O9. The van der Waals surface area contributed by atoms with Gasteiger partial charge < -0.3 is 55.1 Å². The number of rotatable bonds is 42. The largest absolute Gasteiger partial charge is 0.542 e. The van der Waals surface area contributed by atoms with Crippen LogP contribution >= 0.6 is 0 Å². The summed E-state index contributed by atoms with van der Waals surface area (Å²) in [5.74, 6) is -8.99. The van der Waals surface area contributed by atoms with E-state index in [0.29, 0.717) is 19.6 Å². The number of alkyl halides is 9. The number of halogens is 9. The zero-order valence-electron chi connectivity index (χ0n) is 46.4. The lowest BCUT2D eigenvalue weighted by Gasteiger charge is -2.30. The van der Waals surface area contributed by atoms with E-state index in [4.69, 9.17) is 39.2 Å². The number of hydrogen-bond acceptors (Lipinski definition) is 10. The number of aliphatic carboxylic acids is 3. The third-order valence-corrected chi connectivity index (χ3v) is 11.8. The molecule has 77 heavy (non-hydrogen) atoms. The average molecular weight is 1130 g/mol. The van der Waals surface area contributed by atoms with Crippen molar-refractivity contribution in [2.45, 2.75) is 237 Å².